The third-order valence-corrected chi connectivity index (χ3v) is 3.33. The van der Waals surface area contributed by atoms with Crippen LogP contribution in [0.2, 0.25) is 5.02 Å². The molecule has 1 amide bonds. The first-order valence-electron chi connectivity index (χ1n) is 6.80. The molecule has 0 aliphatic rings. The topological polar surface area (TPSA) is 81.5 Å². The summed E-state index contributed by atoms with van der Waals surface area (Å²) >= 11 is 5.94. The van der Waals surface area contributed by atoms with Gasteiger partial charge in [-0.25, -0.2) is 0 Å². The van der Waals surface area contributed by atoms with Crippen LogP contribution in [-0.4, -0.2) is 17.4 Å². The number of carbonyl (C=O) groups excluding carboxylic acids is 1. The monoisotopic (exact) mass is 334 g/mol. The predicted molar refractivity (Wildman–Crippen MR) is 88.1 cm³/mol. The Morgan fingerprint density at radius 2 is 1.91 bits per heavy atom. The van der Waals surface area contributed by atoms with Crippen LogP contribution in [0.5, 0.6) is 5.75 Å². The molecule has 0 aliphatic carbocycles. The Labute approximate surface area is 138 Å². The summed E-state index contributed by atoms with van der Waals surface area (Å²) in [5.41, 5.74) is 1.92. The largest absolute Gasteiger partial charge is 0.483 e. The SMILES string of the molecule is Cc1cc(Cl)cc(C)c1OCC(=O)Nc1cccc([N+](=O)[O-])c1. The number of nitrogens with zero attached hydrogens (tertiary/aromatic N) is 1. The summed E-state index contributed by atoms with van der Waals surface area (Å²) in [6.07, 6.45) is 0. The molecule has 2 aromatic rings. The van der Waals surface area contributed by atoms with Gasteiger partial charge < -0.3 is 10.1 Å². The summed E-state index contributed by atoms with van der Waals surface area (Å²) in [4.78, 5) is 22.1. The van der Waals surface area contributed by atoms with E-state index in [1.165, 1.54) is 18.2 Å². The molecule has 6 nitrogen and oxygen atoms in total. The molecule has 0 heterocycles. The zero-order chi connectivity index (χ0) is 17.0. The van der Waals surface area contributed by atoms with Crippen LogP contribution in [0.15, 0.2) is 36.4 Å². The van der Waals surface area contributed by atoms with Crippen molar-refractivity contribution in [1.82, 2.24) is 0 Å². The lowest BCUT2D eigenvalue weighted by Gasteiger charge is -2.12. The fraction of sp³-hybridized carbons (Fsp3) is 0.188. The summed E-state index contributed by atoms with van der Waals surface area (Å²) in [6.45, 7) is 3.48. The number of aryl methyl sites for hydroxylation is 2. The number of hydrogen-bond acceptors (Lipinski definition) is 4. The molecule has 0 radical (unpaired) electrons. The highest BCUT2D eigenvalue weighted by Gasteiger charge is 2.11. The van der Waals surface area contributed by atoms with E-state index in [1.807, 2.05) is 13.8 Å². The molecule has 0 saturated carbocycles. The van der Waals surface area contributed by atoms with Gasteiger partial charge in [-0.05, 0) is 43.2 Å². The van der Waals surface area contributed by atoms with Crippen molar-refractivity contribution in [1.29, 1.82) is 0 Å². The van der Waals surface area contributed by atoms with E-state index in [1.54, 1.807) is 18.2 Å². The van der Waals surface area contributed by atoms with Crippen LogP contribution in [0.4, 0.5) is 11.4 Å². The molecule has 120 valence electrons. The number of nitrogens with one attached hydrogen (secondary N) is 1. The van der Waals surface area contributed by atoms with Gasteiger partial charge in [-0.1, -0.05) is 17.7 Å². The Bertz CT molecular complexity index is 738. The van der Waals surface area contributed by atoms with Gasteiger partial charge in [0.25, 0.3) is 11.6 Å². The van der Waals surface area contributed by atoms with Crippen LogP contribution in [0, 0.1) is 24.0 Å². The summed E-state index contributed by atoms with van der Waals surface area (Å²) < 4.78 is 5.53. The maximum Gasteiger partial charge on any atom is 0.271 e. The molecule has 0 atom stereocenters. The highest BCUT2D eigenvalue weighted by molar-refractivity contribution is 6.30. The molecular weight excluding hydrogens is 320 g/mol. The third-order valence-electron chi connectivity index (χ3n) is 3.11. The second-order valence-electron chi connectivity index (χ2n) is 5.01. The molecular formula is C16H15ClN2O4. The fourth-order valence-corrected chi connectivity index (χ4v) is 2.48. The summed E-state index contributed by atoms with van der Waals surface area (Å²) in [5, 5.41) is 13.9. The Kier molecular flexibility index (Phi) is 5.18. The van der Waals surface area contributed by atoms with Crippen molar-refractivity contribution in [3.8, 4) is 5.75 Å². The number of benzene rings is 2. The minimum Gasteiger partial charge on any atom is -0.483 e. The molecule has 0 aliphatic heterocycles. The second kappa shape index (κ2) is 7.11. The fourth-order valence-electron chi connectivity index (χ4n) is 2.16. The van der Waals surface area contributed by atoms with Crippen molar-refractivity contribution in [3.63, 3.8) is 0 Å². The number of anilines is 1. The number of nitro benzene ring substituents is 1. The summed E-state index contributed by atoms with van der Waals surface area (Å²) in [5.74, 6) is 0.197. The minimum atomic E-state index is -0.521. The number of ether oxygens (including phenoxy) is 1. The molecule has 0 unspecified atom stereocenters. The first kappa shape index (κ1) is 16.8. The molecule has 0 bridgehead atoms. The molecule has 0 spiro atoms. The lowest BCUT2D eigenvalue weighted by atomic mass is 10.1. The second-order valence-corrected chi connectivity index (χ2v) is 5.45. The van der Waals surface area contributed by atoms with E-state index in [0.29, 0.717) is 16.5 Å². The van der Waals surface area contributed by atoms with Gasteiger partial charge in [0.1, 0.15) is 5.75 Å². The van der Waals surface area contributed by atoms with Gasteiger partial charge >= 0.3 is 0 Å². The molecule has 23 heavy (non-hydrogen) atoms. The zero-order valence-corrected chi connectivity index (χ0v) is 13.4. The molecule has 7 heteroatoms. The van der Waals surface area contributed by atoms with Gasteiger partial charge in [-0.3, -0.25) is 14.9 Å². The van der Waals surface area contributed by atoms with Gasteiger partial charge in [0.05, 0.1) is 4.92 Å². The van der Waals surface area contributed by atoms with Crippen LogP contribution < -0.4 is 10.1 Å². The molecule has 2 aromatic carbocycles. The molecule has 0 saturated heterocycles. The van der Waals surface area contributed by atoms with E-state index in [2.05, 4.69) is 5.32 Å². The Balaban J connectivity index is 2.01. The van der Waals surface area contributed by atoms with E-state index in [9.17, 15) is 14.9 Å². The number of nitro groups is 1. The van der Waals surface area contributed by atoms with Gasteiger partial charge in [0.15, 0.2) is 6.61 Å². The van der Waals surface area contributed by atoms with Gasteiger partial charge in [0.2, 0.25) is 0 Å². The smallest absolute Gasteiger partial charge is 0.271 e. The molecule has 0 aromatic heterocycles. The average Bonchev–Trinajstić information content (AvgIpc) is 2.46. The third kappa shape index (κ3) is 4.43. The van der Waals surface area contributed by atoms with E-state index >= 15 is 0 Å². The van der Waals surface area contributed by atoms with E-state index in [0.717, 1.165) is 11.1 Å². The van der Waals surface area contributed by atoms with Crippen LogP contribution in [0.3, 0.4) is 0 Å². The van der Waals surface area contributed by atoms with Crippen LogP contribution in [0.25, 0.3) is 0 Å². The van der Waals surface area contributed by atoms with E-state index in [4.69, 9.17) is 16.3 Å². The maximum absolute atomic E-state index is 11.9. The molecule has 0 fully saturated rings. The van der Waals surface area contributed by atoms with Crippen molar-refractivity contribution < 1.29 is 14.5 Å². The van der Waals surface area contributed by atoms with Crippen molar-refractivity contribution in [2.45, 2.75) is 13.8 Å². The highest BCUT2D eigenvalue weighted by atomic mass is 35.5. The standard InChI is InChI=1S/C16H15ClN2O4/c1-10-6-12(17)7-11(2)16(10)23-9-15(20)18-13-4-3-5-14(8-13)19(21)22/h3-8H,9H2,1-2H3,(H,18,20). The normalized spacial score (nSPS) is 10.2. The summed E-state index contributed by atoms with van der Waals surface area (Å²) in [6, 6.07) is 9.22. The van der Waals surface area contributed by atoms with Crippen molar-refractivity contribution in [2.24, 2.45) is 0 Å². The number of non-ortho nitro benzene ring substituents is 1. The van der Waals surface area contributed by atoms with Gasteiger partial charge in [0, 0.05) is 22.8 Å². The maximum atomic E-state index is 11.9. The number of halogens is 1. The zero-order valence-electron chi connectivity index (χ0n) is 12.6. The number of amides is 1. The number of carbonyl (C=O) groups is 1. The van der Waals surface area contributed by atoms with Gasteiger partial charge in [-0.2, -0.15) is 0 Å². The van der Waals surface area contributed by atoms with Crippen LogP contribution in [-0.2, 0) is 4.79 Å². The van der Waals surface area contributed by atoms with Crippen molar-refractivity contribution in [2.75, 3.05) is 11.9 Å². The van der Waals surface area contributed by atoms with Crippen LogP contribution in [0.1, 0.15) is 11.1 Å². The van der Waals surface area contributed by atoms with Crippen molar-refractivity contribution >= 4 is 28.9 Å². The van der Waals surface area contributed by atoms with E-state index in [-0.39, 0.29) is 12.3 Å². The lowest BCUT2D eigenvalue weighted by molar-refractivity contribution is -0.384. The first-order valence-corrected chi connectivity index (χ1v) is 7.18. The van der Waals surface area contributed by atoms with Gasteiger partial charge in [-0.15, -0.1) is 0 Å². The first-order chi connectivity index (χ1) is 10.9. The number of rotatable bonds is 5. The van der Waals surface area contributed by atoms with E-state index < -0.39 is 10.8 Å². The molecule has 2 rings (SSSR count). The summed E-state index contributed by atoms with van der Waals surface area (Å²) in [7, 11) is 0. The Hall–Kier alpha value is -2.60. The average molecular weight is 335 g/mol. The lowest BCUT2D eigenvalue weighted by Crippen LogP contribution is -2.20. The van der Waals surface area contributed by atoms with Crippen LogP contribution >= 0.6 is 11.6 Å². The minimum absolute atomic E-state index is 0.0897. The quantitative estimate of drug-likeness (QED) is 0.664. The number of hydrogen-bond donors (Lipinski definition) is 1. The Morgan fingerprint density at radius 1 is 1.26 bits per heavy atom. The Morgan fingerprint density at radius 3 is 2.52 bits per heavy atom. The molecule has 1 N–H and O–H groups in total. The predicted octanol–water partition coefficient (Wildman–Crippen LogP) is 3.88. The highest BCUT2D eigenvalue weighted by Crippen LogP contribution is 2.27. The van der Waals surface area contributed by atoms with Crippen molar-refractivity contribution in [3.05, 3.63) is 62.7 Å².